The van der Waals surface area contributed by atoms with Crippen molar-refractivity contribution in [2.45, 2.75) is 44.6 Å². The van der Waals surface area contributed by atoms with Crippen molar-refractivity contribution in [3.8, 4) is 0 Å². The van der Waals surface area contributed by atoms with Gasteiger partial charge in [0.25, 0.3) is 11.8 Å². The van der Waals surface area contributed by atoms with E-state index in [1.807, 2.05) is 0 Å². The van der Waals surface area contributed by atoms with Gasteiger partial charge in [0.2, 0.25) is 12.2 Å². The van der Waals surface area contributed by atoms with Gasteiger partial charge in [-0.1, -0.05) is 5.16 Å². The second kappa shape index (κ2) is 13.8. The molecule has 3 heterocycles. The molecule has 3 atom stereocenters. The third-order valence-corrected chi connectivity index (χ3v) is 7.12. The molecule has 2 aliphatic heterocycles. The van der Waals surface area contributed by atoms with Gasteiger partial charge in [0.05, 0.1) is 12.3 Å². The zero-order valence-corrected chi connectivity index (χ0v) is 24.3. The number of aliphatic imine (C=N–C) groups is 1. The highest BCUT2D eigenvalue weighted by molar-refractivity contribution is 8.00. The van der Waals surface area contributed by atoms with Crippen LogP contribution in [0.25, 0.3) is 0 Å². The van der Waals surface area contributed by atoms with Crippen LogP contribution in [-0.2, 0) is 33.4 Å². The molecule has 2 amide bonds. The van der Waals surface area contributed by atoms with Crippen LogP contribution in [0, 0.1) is 0 Å². The molecule has 0 aliphatic carbocycles. The van der Waals surface area contributed by atoms with Crippen LogP contribution in [0.5, 0.6) is 0 Å². The van der Waals surface area contributed by atoms with Gasteiger partial charge in [-0.05, 0) is 13.8 Å². The lowest BCUT2D eigenvalue weighted by Gasteiger charge is -2.49. The number of esters is 1. The van der Waals surface area contributed by atoms with E-state index in [1.165, 1.54) is 44.4 Å². The molecule has 6 N–H and O–H groups in total. The summed E-state index contributed by atoms with van der Waals surface area (Å²) in [4.78, 5) is 65.0. The molecule has 1 aromatic heterocycles. The van der Waals surface area contributed by atoms with Crippen LogP contribution in [0.2, 0.25) is 0 Å². The van der Waals surface area contributed by atoms with E-state index in [0.29, 0.717) is 5.57 Å². The Balaban J connectivity index is 1.82. The van der Waals surface area contributed by atoms with Crippen LogP contribution in [0.3, 0.4) is 0 Å². The Labute approximate surface area is 242 Å². The Morgan fingerprint density at radius 1 is 1.24 bits per heavy atom. The van der Waals surface area contributed by atoms with E-state index in [2.05, 4.69) is 31.0 Å². The summed E-state index contributed by atoms with van der Waals surface area (Å²) < 4.78 is 15.1. The summed E-state index contributed by atoms with van der Waals surface area (Å²) >= 11 is 2.36. The van der Waals surface area contributed by atoms with Crippen LogP contribution in [0.15, 0.2) is 31.9 Å². The van der Waals surface area contributed by atoms with E-state index in [0.717, 1.165) is 16.2 Å². The maximum Gasteiger partial charge on any atom is 0.511 e. The topological polar surface area (TPSA) is 235 Å². The molecule has 41 heavy (non-hydrogen) atoms. The quantitative estimate of drug-likeness (QED) is 0.0665. The fraction of sp³-hybridized carbons (Fsp3) is 0.455. The van der Waals surface area contributed by atoms with Crippen molar-refractivity contribution in [3.05, 3.63) is 22.3 Å². The number of hydrogen-bond donors (Lipinski definition) is 4. The molecule has 1 unspecified atom stereocenters. The summed E-state index contributed by atoms with van der Waals surface area (Å²) in [7, 11) is 2.70. The largest absolute Gasteiger partial charge is 0.511 e. The monoisotopic (exact) mass is 611 g/mol. The number of guanidine groups is 1. The van der Waals surface area contributed by atoms with E-state index in [1.54, 1.807) is 13.8 Å². The smallest absolute Gasteiger partial charge is 0.431 e. The Kier molecular flexibility index (Phi) is 10.5. The number of β-lactam (4-membered cyclic amide) rings is 1. The van der Waals surface area contributed by atoms with Crippen molar-refractivity contribution >= 4 is 70.1 Å². The average molecular weight is 612 g/mol. The maximum absolute atomic E-state index is 13.3. The zero-order valence-electron chi connectivity index (χ0n) is 22.6. The molecule has 1 aromatic rings. The Morgan fingerprint density at radius 2 is 1.98 bits per heavy atom. The number of hydrazone groups is 1. The summed E-state index contributed by atoms with van der Waals surface area (Å²) in [5.74, 6) is -2.13. The van der Waals surface area contributed by atoms with E-state index in [9.17, 15) is 19.2 Å². The number of fused-ring (bicyclic) bond motifs is 1. The van der Waals surface area contributed by atoms with Crippen molar-refractivity contribution < 1.29 is 38.2 Å². The molecule has 19 heteroatoms. The molecule has 3 rings (SSSR count). The van der Waals surface area contributed by atoms with Crippen LogP contribution >= 0.6 is 23.1 Å². The first kappa shape index (κ1) is 31.1. The molecule has 222 valence electrons. The van der Waals surface area contributed by atoms with E-state index >= 15 is 0 Å². The zero-order chi connectivity index (χ0) is 30.3. The molecular weight excluding hydrogens is 582 g/mol. The predicted molar refractivity (Wildman–Crippen MR) is 150 cm³/mol. The number of thioether (sulfide) groups is 1. The second-order valence-electron chi connectivity index (χ2n) is 8.41. The number of oxime groups is 1. The number of thiazole rings is 1. The van der Waals surface area contributed by atoms with E-state index in [-0.39, 0.29) is 33.9 Å². The molecule has 0 saturated carbocycles. The van der Waals surface area contributed by atoms with Crippen molar-refractivity contribution in [1.29, 1.82) is 0 Å². The van der Waals surface area contributed by atoms with Gasteiger partial charge in [-0.2, -0.15) is 5.10 Å². The number of aromatic nitrogens is 1. The Morgan fingerprint density at radius 3 is 2.59 bits per heavy atom. The number of nitrogens with one attached hydrogen (secondary N) is 2. The fourth-order valence-electron chi connectivity index (χ4n) is 3.45. The number of nitrogens with zero attached hydrogens (tertiary/aromatic N) is 5. The predicted octanol–water partition coefficient (Wildman–Crippen LogP) is -0.299. The van der Waals surface area contributed by atoms with Gasteiger partial charge in [-0.15, -0.1) is 23.1 Å². The van der Waals surface area contributed by atoms with E-state index in [4.69, 9.17) is 30.5 Å². The number of hydrogen-bond acceptors (Lipinski definition) is 15. The van der Waals surface area contributed by atoms with Gasteiger partial charge < -0.3 is 35.8 Å². The van der Waals surface area contributed by atoms with Crippen molar-refractivity contribution in [3.63, 3.8) is 0 Å². The first-order chi connectivity index (χ1) is 19.5. The minimum Gasteiger partial charge on any atom is -0.431 e. The molecular formula is C22H29N9O8S2. The highest BCUT2D eigenvalue weighted by Crippen LogP contribution is 2.40. The first-order valence-corrected chi connectivity index (χ1v) is 13.8. The number of carbonyl (C=O) groups excluding carboxylic acids is 4. The minimum atomic E-state index is -1.35. The number of anilines is 1. The molecule has 0 bridgehead atoms. The number of nitrogen functional groups attached to an aromatic ring is 1. The van der Waals surface area contributed by atoms with Crippen molar-refractivity contribution in [1.82, 2.24) is 20.6 Å². The number of rotatable bonds is 10. The third-order valence-electron chi connectivity index (χ3n) is 5.15. The molecule has 17 nitrogen and oxygen atoms in total. The number of amides is 2. The van der Waals surface area contributed by atoms with Gasteiger partial charge >= 0.3 is 12.1 Å². The maximum atomic E-state index is 13.3. The lowest BCUT2D eigenvalue weighted by atomic mass is 10.0. The first-order valence-electron chi connectivity index (χ1n) is 11.9. The van der Waals surface area contributed by atoms with Crippen molar-refractivity contribution in [2.24, 2.45) is 21.0 Å². The summed E-state index contributed by atoms with van der Waals surface area (Å²) in [5, 5.41) is 11.3. The van der Waals surface area contributed by atoms with Crippen LogP contribution in [0.4, 0.5) is 9.93 Å². The molecule has 0 spiro atoms. The van der Waals surface area contributed by atoms with Gasteiger partial charge in [-0.3, -0.25) is 19.5 Å². The summed E-state index contributed by atoms with van der Waals surface area (Å²) in [6.07, 6.45) is -1.55. The van der Waals surface area contributed by atoms with Gasteiger partial charge in [0.1, 0.15) is 29.9 Å². The number of carbonyl (C=O) groups is 4. The standard InChI is InChI=1S/C22H29N9O8S2/c1-9(2)37-22(35)39-10(3)38-19(34)15-11(6-26-29-20(23)25-4)7-40-18-14(17(33)31(15)18)28-16(32)13(30-36-5)12-8-41-21(24)27-12/h6,8-10,14,18H,7H2,1-5H3,(H2,24,27)(H,28,32)(H3,23,25,29)/b26-6-,30-13?/t10?,14-,18-/m1/s1. The average Bonchev–Trinajstić information content (AvgIpc) is 3.34. The third kappa shape index (κ3) is 7.63. The SMILES string of the molecule is CN=C(N)N/N=C\C1=C(C(=O)OC(C)OC(=O)OC(C)C)N2C(=O)[C@@H](NC(=O)C(=NOC)c3csc(N)n3)[C@H]2SC1. The lowest BCUT2D eigenvalue weighted by molar-refractivity contribution is -0.169. The summed E-state index contributed by atoms with van der Waals surface area (Å²) in [5.41, 5.74) is 13.8. The van der Waals surface area contributed by atoms with Gasteiger partial charge in [0, 0.05) is 30.7 Å². The number of nitrogens with two attached hydrogens (primary N) is 2. The Hall–Kier alpha value is -4.39. The molecule has 1 saturated heterocycles. The van der Waals surface area contributed by atoms with Crippen LogP contribution in [0.1, 0.15) is 26.5 Å². The Bertz CT molecular complexity index is 1310. The molecule has 1 fully saturated rings. The fourth-order valence-corrected chi connectivity index (χ4v) is 5.29. The second-order valence-corrected chi connectivity index (χ2v) is 10.4. The minimum absolute atomic E-state index is 0.0104. The van der Waals surface area contributed by atoms with E-state index < -0.39 is 47.7 Å². The van der Waals surface area contributed by atoms with Gasteiger partial charge in [-0.25, -0.2) is 20.0 Å². The summed E-state index contributed by atoms with van der Waals surface area (Å²) in [6, 6.07) is -1.03. The molecule has 2 aliphatic rings. The normalized spacial score (nSPS) is 19.9. The van der Waals surface area contributed by atoms with Crippen molar-refractivity contribution in [2.75, 3.05) is 25.6 Å². The lowest BCUT2D eigenvalue weighted by Crippen LogP contribution is -2.71. The molecule has 0 radical (unpaired) electrons. The van der Waals surface area contributed by atoms with Crippen LogP contribution < -0.4 is 22.2 Å². The highest BCUT2D eigenvalue weighted by Gasteiger charge is 2.55. The van der Waals surface area contributed by atoms with Gasteiger partial charge in [0.15, 0.2) is 10.8 Å². The number of ether oxygens (including phenoxy) is 3. The summed E-state index contributed by atoms with van der Waals surface area (Å²) in [6.45, 7) is 4.56. The highest BCUT2D eigenvalue weighted by atomic mass is 32.2. The molecule has 0 aromatic carbocycles. The van der Waals surface area contributed by atoms with Crippen LogP contribution in [-0.4, -0.2) is 95.4 Å².